The molecule has 1 aromatic rings. The van der Waals surface area contributed by atoms with E-state index < -0.39 is 0 Å². The predicted molar refractivity (Wildman–Crippen MR) is 87.7 cm³/mol. The molecule has 1 aromatic carbocycles. The maximum atomic E-state index is 11.1. The lowest BCUT2D eigenvalue weighted by molar-refractivity contribution is -0.384. The highest BCUT2D eigenvalue weighted by molar-refractivity contribution is 5.62. The Morgan fingerprint density at radius 2 is 2.10 bits per heavy atom. The summed E-state index contributed by atoms with van der Waals surface area (Å²) in [6.45, 7) is 9.06. The molecule has 1 atom stereocenters. The van der Waals surface area contributed by atoms with Gasteiger partial charge in [0.05, 0.1) is 4.92 Å². The Hall–Kier alpha value is -1.62. The second-order valence-corrected chi connectivity index (χ2v) is 5.75. The lowest BCUT2D eigenvalue weighted by Crippen LogP contribution is -2.23. The standard InChI is InChI=1S/C16H27N3O2/c1-5-9-17-15-10-14(7-8-16(15)19(20)21)12-18(4)11-13(3)6-2/h7-8,10,13,17H,5-6,9,11-12H2,1-4H3. The molecule has 0 spiro atoms. The van der Waals surface area contributed by atoms with Crippen LogP contribution < -0.4 is 5.32 Å². The molecule has 1 unspecified atom stereocenters. The van der Waals surface area contributed by atoms with Gasteiger partial charge in [-0.25, -0.2) is 0 Å². The summed E-state index contributed by atoms with van der Waals surface area (Å²) in [5.74, 6) is 0.658. The summed E-state index contributed by atoms with van der Waals surface area (Å²) in [4.78, 5) is 13.0. The first kappa shape index (κ1) is 17.4. The maximum absolute atomic E-state index is 11.1. The fraction of sp³-hybridized carbons (Fsp3) is 0.625. The quantitative estimate of drug-likeness (QED) is 0.554. The van der Waals surface area contributed by atoms with Crippen molar-refractivity contribution in [3.8, 4) is 0 Å². The molecule has 0 saturated carbocycles. The summed E-state index contributed by atoms with van der Waals surface area (Å²) in [6, 6.07) is 5.35. The Morgan fingerprint density at radius 1 is 1.38 bits per heavy atom. The van der Waals surface area contributed by atoms with Crippen LogP contribution in [-0.2, 0) is 6.54 Å². The van der Waals surface area contributed by atoms with E-state index in [1.807, 2.05) is 19.1 Å². The maximum Gasteiger partial charge on any atom is 0.292 e. The van der Waals surface area contributed by atoms with Gasteiger partial charge in [0, 0.05) is 25.7 Å². The van der Waals surface area contributed by atoms with Crippen LogP contribution in [0.1, 0.15) is 39.2 Å². The van der Waals surface area contributed by atoms with E-state index in [9.17, 15) is 10.1 Å². The van der Waals surface area contributed by atoms with Gasteiger partial charge in [-0.1, -0.05) is 33.3 Å². The van der Waals surface area contributed by atoms with Gasteiger partial charge in [0.2, 0.25) is 0 Å². The van der Waals surface area contributed by atoms with Crippen LogP contribution in [0.5, 0.6) is 0 Å². The molecule has 0 aromatic heterocycles. The number of nitrogens with zero attached hydrogens (tertiary/aromatic N) is 2. The molecule has 5 nitrogen and oxygen atoms in total. The molecule has 0 radical (unpaired) electrons. The number of nitrogens with one attached hydrogen (secondary N) is 1. The summed E-state index contributed by atoms with van der Waals surface area (Å²) in [5, 5.41) is 14.2. The van der Waals surface area contributed by atoms with Crippen LogP contribution in [0.25, 0.3) is 0 Å². The van der Waals surface area contributed by atoms with Gasteiger partial charge in [0.1, 0.15) is 5.69 Å². The van der Waals surface area contributed by atoms with Gasteiger partial charge in [-0.15, -0.1) is 0 Å². The zero-order valence-electron chi connectivity index (χ0n) is 13.6. The van der Waals surface area contributed by atoms with Crippen LogP contribution in [0.3, 0.4) is 0 Å². The van der Waals surface area contributed by atoms with Gasteiger partial charge in [-0.2, -0.15) is 0 Å². The molecule has 0 heterocycles. The zero-order chi connectivity index (χ0) is 15.8. The minimum atomic E-state index is -0.329. The van der Waals surface area contributed by atoms with Crippen molar-refractivity contribution in [1.29, 1.82) is 0 Å². The third kappa shape index (κ3) is 5.71. The minimum Gasteiger partial charge on any atom is -0.379 e. The van der Waals surface area contributed by atoms with Crippen molar-refractivity contribution in [1.82, 2.24) is 4.90 Å². The third-order valence-electron chi connectivity index (χ3n) is 3.60. The fourth-order valence-electron chi connectivity index (χ4n) is 2.28. The van der Waals surface area contributed by atoms with Gasteiger partial charge in [0.25, 0.3) is 5.69 Å². The zero-order valence-corrected chi connectivity index (χ0v) is 13.6. The first-order valence-electron chi connectivity index (χ1n) is 7.67. The molecule has 0 saturated heterocycles. The highest BCUT2D eigenvalue weighted by Crippen LogP contribution is 2.26. The molecule has 0 amide bonds. The van der Waals surface area contributed by atoms with Gasteiger partial charge < -0.3 is 10.2 Å². The number of anilines is 1. The molecule has 21 heavy (non-hydrogen) atoms. The van der Waals surface area contributed by atoms with E-state index in [1.165, 1.54) is 0 Å². The molecule has 0 fully saturated rings. The molecule has 118 valence electrons. The van der Waals surface area contributed by atoms with E-state index in [4.69, 9.17) is 0 Å². The van der Waals surface area contributed by atoms with Crippen molar-refractivity contribution in [2.75, 3.05) is 25.5 Å². The Kier molecular flexibility index (Phi) is 7.15. The number of nitro benzene ring substituents is 1. The normalized spacial score (nSPS) is 12.4. The Labute approximate surface area is 127 Å². The second kappa shape index (κ2) is 8.62. The first-order valence-corrected chi connectivity index (χ1v) is 7.67. The van der Waals surface area contributed by atoms with Crippen molar-refractivity contribution in [2.45, 2.75) is 40.2 Å². The number of benzene rings is 1. The molecule has 0 aliphatic rings. The van der Waals surface area contributed by atoms with Crippen molar-refractivity contribution in [3.63, 3.8) is 0 Å². The average molecular weight is 293 g/mol. The van der Waals surface area contributed by atoms with Crippen LogP contribution >= 0.6 is 0 Å². The highest BCUT2D eigenvalue weighted by atomic mass is 16.6. The first-order chi connectivity index (χ1) is 9.97. The third-order valence-corrected chi connectivity index (χ3v) is 3.60. The number of nitro groups is 1. The lowest BCUT2D eigenvalue weighted by atomic mass is 10.1. The lowest BCUT2D eigenvalue weighted by Gasteiger charge is -2.20. The van der Waals surface area contributed by atoms with Crippen molar-refractivity contribution in [2.24, 2.45) is 5.92 Å². The number of hydrogen-bond donors (Lipinski definition) is 1. The van der Waals surface area contributed by atoms with E-state index in [1.54, 1.807) is 6.07 Å². The Bertz CT molecular complexity index is 463. The molecule has 0 aliphatic heterocycles. The minimum absolute atomic E-state index is 0.150. The molecule has 1 N–H and O–H groups in total. The second-order valence-electron chi connectivity index (χ2n) is 5.75. The van der Waals surface area contributed by atoms with Gasteiger partial charge in [0.15, 0.2) is 0 Å². The van der Waals surface area contributed by atoms with Crippen LogP contribution in [0.4, 0.5) is 11.4 Å². The summed E-state index contributed by atoms with van der Waals surface area (Å²) in [6.07, 6.45) is 2.10. The molecular formula is C16H27N3O2. The molecule has 0 bridgehead atoms. The fourth-order valence-corrected chi connectivity index (χ4v) is 2.28. The SMILES string of the molecule is CCCNc1cc(CN(C)CC(C)CC)ccc1[N+](=O)[O-]. The predicted octanol–water partition coefficient (Wildman–Crippen LogP) is 3.89. The van der Waals surface area contributed by atoms with Crippen LogP contribution in [0.2, 0.25) is 0 Å². The van der Waals surface area contributed by atoms with Crippen molar-refractivity contribution in [3.05, 3.63) is 33.9 Å². The van der Waals surface area contributed by atoms with Crippen molar-refractivity contribution < 1.29 is 4.92 Å². The van der Waals surface area contributed by atoms with Gasteiger partial charge in [-0.05, 0) is 31.0 Å². The topological polar surface area (TPSA) is 58.4 Å². The Balaban J connectivity index is 2.81. The number of hydrogen-bond acceptors (Lipinski definition) is 4. The van der Waals surface area contributed by atoms with Gasteiger partial charge >= 0.3 is 0 Å². The summed E-state index contributed by atoms with van der Waals surface area (Å²) in [7, 11) is 2.09. The average Bonchev–Trinajstić information content (AvgIpc) is 2.44. The van der Waals surface area contributed by atoms with Crippen LogP contribution in [0, 0.1) is 16.0 Å². The molecule has 0 aliphatic carbocycles. The van der Waals surface area contributed by atoms with Crippen molar-refractivity contribution >= 4 is 11.4 Å². The largest absolute Gasteiger partial charge is 0.379 e. The molecule has 1 rings (SSSR count). The highest BCUT2D eigenvalue weighted by Gasteiger charge is 2.14. The molecule has 5 heteroatoms. The summed E-state index contributed by atoms with van der Waals surface area (Å²) in [5.41, 5.74) is 1.87. The molecular weight excluding hydrogens is 266 g/mol. The smallest absolute Gasteiger partial charge is 0.292 e. The number of rotatable bonds is 9. The van der Waals surface area contributed by atoms with E-state index in [0.717, 1.165) is 38.0 Å². The monoisotopic (exact) mass is 293 g/mol. The van der Waals surface area contributed by atoms with Gasteiger partial charge in [-0.3, -0.25) is 10.1 Å². The van der Waals surface area contributed by atoms with Crippen LogP contribution in [0.15, 0.2) is 18.2 Å². The Morgan fingerprint density at radius 3 is 2.67 bits per heavy atom. The van der Waals surface area contributed by atoms with E-state index in [2.05, 4.69) is 31.1 Å². The summed E-state index contributed by atoms with van der Waals surface area (Å²) < 4.78 is 0. The van der Waals surface area contributed by atoms with E-state index in [-0.39, 0.29) is 10.6 Å². The van der Waals surface area contributed by atoms with E-state index >= 15 is 0 Å². The summed E-state index contributed by atoms with van der Waals surface area (Å²) >= 11 is 0. The van der Waals surface area contributed by atoms with E-state index in [0.29, 0.717) is 11.6 Å². The van der Waals surface area contributed by atoms with Crippen LogP contribution in [-0.4, -0.2) is 30.0 Å².